The van der Waals surface area contributed by atoms with E-state index in [1.165, 1.54) is 12.8 Å². The molecule has 1 amide bonds. The lowest BCUT2D eigenvalue weighted by molar-refractivity contribution is -0.129. The Hall–Kier alpha value is -0.650. The highest BCUT2D eigenvalue weighted by atomic mass is 16.5. The molecule has 1 aliphatic rings. The number of methoxy groups -OCH3 is 1. The van der Waals surface area contributed by atoms with Gasteiger partial charge in [0.15, 0.2) is 0 Å². The van der Waals surface area contributed by atoms with Crippen LogP contribution in [0.25, 0.3) is 0 Å². The minimum Gasteiger partial charge on any atom is -0.383 e. The van der Waals surface area contributed by atoms with Gasteiger partial charge in [-0.1, -0.05) is 26.7 Å². The van der Waals surface area contributed by atoms with Crippen LogP contribution in [0.2, 0.25) is 0 Å². The summed E-state index contributed by atoms with van der Waals surface area (Å²) in [6, 6.07) is -0.258. The first-order valence-corrected chi connectivity index (χ1v) is 6.86. The third-order valence-corrected chi connectivity index (χ3v) is 4.57. The van der Waals surface area contributed by atoms with Crippen molar-refractivity contribution in [3.63, 3.8) is 0 Å². The summed E-state index contributed by atoms with van der Waals surface area (Å²) in [5.41, 5.74) is 2.70. The molecule has 1 rings (SSSR count). The van der Waals surface area contributed by atoms with Crippen molar-refractivity contribution < 1.29 is 9.53 Å². The summed E-state index contributed by atoms with van der Waals surface area (Å²) in [7, 11) is 1.61. The summed E-state index contributed by atoms with van der Waals surface area (Å²) in [4.78, 5) is 13.9. The highest BCUT2D eigenvalue weighted by molar-refractivity contribution is 5.81. The number of nitrogens with zero attached hydrogens (tertiary/aromatic N) is 1. The van der Waals surface area contributed by atoms with Crippen molar-refractivity contribution in [1.82, 2.24) is 10.3 Å². The van der Waals surface area contributed by atoms with E-state index in [0.29, 0.717) is 12.0 Å². The Bertz CT molecular complexity index is 257. The lowest BCUT2D eigenvalue weighted by atomic mass is 9.74. The van der Waals surface area contributed by atoms with E-state index in [4.69, 9.17) is 10.6 Å². The summed E-state index contributed by atoms with van der Waals surface area (Å²) in [5.74, 6) is 5.08. The number of hydrogen-bond donors (Lipinski definition) is 2. The Morgan fingerprint density at radius 3 is 2.33 bits per heavy atom. The van der Waals surface area contributed by atoms with Crippen LogP contribution in [0.5, 0.6) is 0 Å². The Morgan fingerprint density at radius 2 is 1.94 bits per heavy atom. The van der Waals surface area contributed by atoms with Crippen molar-refractivity contribution in [2.45, 2.75) is 45.6 Å². The zero-order chi connectivity index (χ0) is 13.6. The Kier molecular flexibility index (Phi) is 6.05. The van der Waals surface area contributed by atoms with E-state index in [0.717, 1.165) is 25.9 Å². The number of carbonyl (C=O) groups excluding carboxylic acids is 1. The molecule has 1 heterocycles. The SMILES string of the molecule is CCC1(CC)CCN(C(COC)C(=O)NN)CC1. The molecule has 0 bridgehead atoms. The topological polar surface area (TPSA) is 67.6 Å². The number of piperidine rings is 1. The van der Waals surface area contributed by atoms with Crippen molar-refractivity contribution in [2.75, 3.05) is 26.8 Å². The van der Waals surface area contributed by atoms with E-state index in [9.17, 15) is 4.79 Å². The Morgan fingerprint density at radius 1 is 1.39 bits per heavy atom. The van der Waals surface area contributed by atoms with Gasteiger partial charge in [0, 0.05) is 7.11 Å². The lowest BCUT2D eigenvalue weighted by Crippen LogP contribution is -2.54. The number of hydrogen-bond acceptors (Lipinski definition) is 4. The number of nitrogens with one attached hydrogen (secondary N) is 1. The number of ether oxygens (including phenoxy) is 1. The number of nitrogens with two attached hydrogens (primary N) is 1. The molecule has 106 valence electrons. The second-order valence-electron chi connectivity index (χ2n) is 5.22. The van der Waals surface area contributed by atoms with Crippen LogP contribution in [-0.4, -0.2) is 43.7 Å². The Labute approximate surface area is 110 Å². The normalized spacial score (nSPS) is 21.6. The molecule has 0 radical (unpaired) electrons. The molecule has 18 heavy (non-hydrogen) atoms. The van der Waals surface area contributed by atoms with Gasteiger partial charge >= 0.3 is 0 Å². The first kappa shape index (κ1) is 15.4. The first-order valence-electron chi connectivity index (χ1n) is 6.86. The van der Waals surface area contributed by atoms with Gasteiger partial charge in [-0.3, -0.25) is 15.1 Å². The van der Waals surface area contributed by atoms with Gasteiger partial charge in [-0.25, -0.2) is 5.84 Å². The molecule has 5 heteroatoms. The van der Waals surface area contributed by atoms with E-state index >= 15 is 0 Å². The van der Waals surface area contributed by atoms with Crippen LogP contribution < -0.4 is 11.3 Å². The molecule has 0 aromatic carbocycles. The number of likely N-dealkylation sites (tertiary alicyclic amines) is 1. The van der Waals surface area contributed by atoms with Crippen LogP contribution in [-0.2, 0) is 9.53 Å². The molecule has 0 saturated carbocycles. The van der Waals surface area contributed by atoms with Crippen LogP contribution in [0.4, 0.5) is 0 Å². The monoisotopic (exact) mass is 257 g/mol. The van der Waals surface area contributed by atoms with Crippen molar-refractivity contribution in [1.29, 1.82) is 0 Å². The van der Waals surface area contributed by atoms with Gasteiger partial charge in [-0.2, -0.15) is 0 Å². The van der Waals surface area contributed by atoms with Gasteiger partial charge in [0.25, 0.3) is 5.91 Å². The summed E-state index contributed by atoms with van der Waals surface area (Å²) < 4.78 is 5.13. The molecule has 0 aromatic rings. The minimum atomic E-state index is -0.258. The van der Waals surface area contributed by atoms with Gasteiger partial charge in [0.1, 0.15) is 6.04 Å². The lowest BCUT2D eigenvalue weighted by Gasteiger charge is -2.43. The van der Waals surface area contributed by atoms with Crippen molar-refractivity contribution in [3.05, 3.63) is 0 Å². The average molecular weight is 257 g/mol. The van der Waals surface area contributed by atoms with Crippen LogP contribution >= 0.6 is 0 Å². The van der Waals surface area contributed by atoms with Crippen molar-refractivity contribution in [2.24, 2.45) is 11.3 Å². The smallest absolute Gasteiger partial charge is 0.253 e. The first-order chi connectivity index (χ1) is 8.62. The van der Waals surface area contributed by atoms with E-state index < -0.39 is 0 Å². The van der Waals surface area contributed by atoms with E-state index in [1.807, 2.05) is 0 Å². The summed E-state index contributed by atoms with van der Waals surface area (Å²) >= 11 is 0. The van der Waals surface area contributed by atoms with E-state index in [2.05, 4.69) is 24.2 Å². The fourth-order valence-corrected chi connectivity index (χ4v) is 2.87. The molecular weight excluding hydrogens is 230 g/mol. The molecule has 1 unspecified atom stereocenters. The maximum Gasteiger partial charge on any atom is 0.253 e. The molecule has 1 aliphatic heterocycles. The van der Waals surface area contributed by atoms with Crippen LogP contribution in [0, 0.1) is 5.41 Å². The van der Waals surface area contributed by atoms with Gasteiger partial charge in [-0.15, -0.1) is 0 Å². The highest BCUT2D eigenvalue weighted by Crippen LogP contribution is 2.38. The number of hydrazine groups is 1. The number of carbonyl (C=O) groups is 1. The minimum absolute atomic E-state index is 0.155. The molecule has 0 aliphatic carbocycles. The van der Waals surface area contributed by atoms with Crippen molar-refractivity contribution in [3.8, 4) is 0 Å². The predicted molar refractivity (Wildman–Crippen MR) is 71.8 cm³/mol. The summed E-state index contributed by atoms with van der Waals surface area (Å²) in [5, 5.41) is 0. The van der Waals surface area contributed by atoms with Crippen molar-refractivity contribution >= 4 is 5.91 Å². The largest absolute Gasteiger partial charge is 0.383 e. The number of rotatable bonds is 6. The molecule has 3 N–H and O–H groups in total. The zero-order valence-corrected chi connectivity index (χ0v) is 11.9. The van der Waals surface area contributed by atoms with Crippen LogP contribution in [0.1, 0.15) is 39.5 Å². The van der Waals surface area contributed by atoms with Gasteiger partial charge in [0.05, 0.1) is 6.61 Å². The molecule has 1 atom stereocenters. The molecule has 0 spiro atoms. The third-order valence-electron chi connectivity index (χ3n) is 4.57. The standard InChI is InChI=1S/C13H27N3O2/c1-4-13(5-2)6-8-16(9-7-13)11(10-18-3)12(17)15-14/h11H,4-10,14H2,1-3H3,(H,15,17). The van der Waals surface area contributed by atoms with Gasteiger partial charge in [0.2, 0.25) is 0 Å². The summed E-state index contributed by atoms with van der Waals surface area (Å²) in [6.45, 7) is 6.82. The van der Waals surface area contributed by atoms with Gasteiger partial charge < -0.3 is 4.74 Å². The molecule has 1 saturated heterocycles. The van der Waals surface area contributed by atoms with Gasteiger partial charge in [-0.05, 0) is 31.3 Å². The Balaban J connectivity index is 2.61. The number of amides is 1. The second-order valence-corrected chi connectivity index (χ2v) is 5.22. The maximum absolute atomic E-state index is 11.7. The second kappa shape index (κ2) is 7.07. The third kappa shape index (κ3) is 3.43. The van der Waals surface area contributed by atoms with Crippen LogP contribution in [0.3, 0.4) is 0 Å². The average Bonchev–Trinajstić information content (AvgIpc) is 2.44. The van der Waals surface area contributed by atoms with E-state index in [1.54, 1.807) is 7.11 Å². The molecule has 1 fully saturated rings. The zero-order valence-electron chi connectivity index (χ0n) is 11.9. The molecule has 5 nitrogen and oxygen atoms in total. The van der Waals surface area contributed by atoms with E-state index in [-0.39, 0.29) is 11.9 Å². The predicted octanol–water partition coefficient (Wildman–Crippen LogP) is 0.894. The van der Waals surface area contributed by atoms with Crippen LogP contribution in [0.15, 0.2) is 0 Å². The fraction of sp³-hybridized carbons (Fsp3) is 0.923. The maximum atomic E-state index is 11.7. The highest BCUT2D eigenvalue weighted by Gasteiger charge is 2.35. The molecule has 0 aromatic heterocycles. The fourth-order valence-electron chi connectivity index (χ4n) is 2.87. The summed E-state index contributed by atoms with van der Waals surface area (Å²) in [6.07, 6.45) is 4.74. The molecular formula is C13H27N3O2. The quantitative estimate of drug-likeness (QED) is 0.421.